The number of hydrogen-bond acceptors (Lipinski definition) is 3. The summed E-state index contributed by atoms with van der Waals surface area (Å²) in [7, 11) is 4.20. The van der Waals surface area contributed by atoms with E-state index in [1.165, 1.54) is 0 Å². The fourth-order valence-electron chi connectivity index (χ4n) is 2.27. The number of hydrogen-bond donors (Lipinski definition) is 0. The third-order valence-electron chi connectivity index (χ3n) is 2.94. The molecule has 1 aliphatic rings. The quantitative estimate of drug-likeness (QED) is 0.692. The molecule has 3 nitrogen and oxygen atoms in total. The van der Waals surface area contributed by atoms with Crippen molar-refractivity contribution < 1.29 is 4.74 Å². The van der Waals surface area contributed by atoms with Crippen molar-refractivity contribution in [1.82, 2.24) is 9.80 Å². The zero-order valence-electron chi connectivity index (χ0n) is 11.1. The Kier molecular flexibility index (Phi) is 4.15. The molecule has 0 aromatic heterocycles. The van der Waals surface area contributed by atoms with Gasteiger partial charge in [0.05, 0.1) is 12.7 Å². The predicted molar refractivity (Wildman–Crippen MR) is 64.2 cm³/mol. The molecule has 1 fully saturated rings. The lowest BCUT2D eigenvalue weighted by molar-refractivity contribution is -0.0945. The van der Waals surface area contributed by atoms with Crippen LogP contribution in [-0.2, 0) is 4.74 Å². The van der Waals surface area contributed by atoms with Crippen molar-refractivity contribution in [1.29, 1.82) is 0 Å². The number of ether oxygens (including phenoxy) is 1. The first kappa shape index (κ1) is 12.9. The van der Waals surface area contributed by atoms with E-state index in [9.17, 15) is 0 Å². The van der Waals surface area contributed by atoms with Crippen molar-refractivity contribution in [2.45, 2.75) is 45.4 Å². The second-order valence-electron chi connectivity index (χ2n) is 5.89. The van der Waals surface area contributed by atoms with Crippen molar-refractivity contribution in [2.24, 2.45) is 0 Å². The van der Waals surface area contributed by atoms with Crippen LogP contribution in [0.1, 0.15) is 27.7 Å². The molecule has 0 aromatic rings. The molecule has 0 spiro atoms. The van der Waals surface area contributed by atoms with Crippen molar-refractivity contribution in [2.75, 3.05) is 33.8 Å². The summed E-state index contributed by atoms with van der Waals surface area (Å²) in [6.07, 6.45) is 0.357. The second kappa shape index (κ2) is 4.81. The Morgan fingerprint density at radius 2 is 1.93 bits per heavy atom. The highest BCUT2D eigenvalue weighted by atomic mass is 16.5. The fraction of sp³-hybridized carbons (Fsp3) is 1.00. The Bertz CT molecular complexity index is 198. The van der Waals surface area contributed by atoms with Crippen molar-refractivity contribution in [3.63, 3.8) is 0 Å². The Hall–Kier alpha value is -0.120. The van der Waals surface area contributed by atoms with E-state index in [2.05, 4.69) is 51.6 Å². The van der Waals surface area contributed by atoms with Crippen LogP contribution in [0.2, 0.25) is 0 Å². The van der Waals surface area contributed by atoms with Crippen LogP contribution in [0.15, 0.2) is 0 Å². The first-order valence-corrected chi connectivity index (χ1v) is 5.84. The van der Waals surface area contributed by atoms with Crippen molar-refractivity contribution in [3.8, 4) is 0 Å². The minimum atomic E-state index is 0.244. The summed E-state index contributed by atoms with van der Waals surface area (Å²) < 4.78 is 5.84. The maximum atomic E-state index is 5.84. The van der Waals surface area contributed by atoms with E-state index >= 15 is 0 Å². The standard InChI is InChI=1S/C12H26N2O/c1-10-9-15-11(7-13(5)6)8-14(10)12(2,3)4/h10-11H,7-9H2,1-6H3/t10-,11+/m0/s1. The van der Waals surface area contributed by atoms with Crippen LogP contribution >= 0.6 is 0 Å². The topological polar surface area (TPSA) is 15.7 Å². The van der Waals surface area contributed by atoms with Gasteiger partial charge in [0.2, 0.25) is 0 Å². The number of morpholine rings is 1. The number of likely N-dealkylation sites (N-methyl/N-ethyl adjacent to an activating group) is 1. The summed E-state index contributed by atoms with van der Waals surface area (Å²) in [4.78, 5) is 4.74. The van der Waals surface area contributed by atoms with Gasteiger partial charge in [0.25, 0.3) is 0 Å². The zero-order chi connectivity index (χ0) is 11.6. The predicted octanol–water partition coefficient (Wildman–Crippen LogP) is 1.44. The van der Waals surface area contributed by atoms with Crippen molar-refractivity contribution >= 4 is 0 Å². The molecule has 1 aliphatic heterocycles. The molecule has 0 bridgehead atoms. The van der Waals surface area contributed by atoms with Crippen LogP contribution < -0.4 is 0 Å². The Morgan fingerprint density at radius 1 is 1.33 bits per heavy atom. The van der Waals surface area contributed by atoms with Gasteiger partial charge < -0.3 is 9.64 Å². The monoisotopic (exact) mass is 214 g/mol. The maximum Gasteiger partial charge on any atom is 0.0829 e. The molecule has 0 amide bonds. The molecule has 1 saturated heterocycles. The van der Waals surface area contributed by atoms with Crippen LogP contribution in [0.5, 0.6) is 0 Å². The minimum absolute atomic E-state index is 0.244. The van der Waals surface area contributed by atoms with Gasteiger partial charge in [-0.1, -0.05) is 0 Å². The first-order valence-electron chi connectivity index (χ1n) is 5.84. The molecule has 2 atom stereocenters. The van der Waals surface area contributed by atoms with Gasteiger partial charge in [-0.05, 0) is 41.8 Å². The summed E-state index contributed by atoms with van der Waals surface area (Å²) in [5, 5.41) is 0. The molecule has 1 rings (SSSR count). The lowest BCUT2D eigenvalue weighted by atomic mass is 10.0. The van der Waals surface area contributed by atoms with E-state index in [1.807, 2.05) is 0 Å². The molecule has 0 saturated carbocycles. The van der Waals surface area contributed by atoms with Gasteiger partial charge >= 0.3 is 0 Å². The average Bonchev–Trinajstić information content (AvgIpc) is 2.05. The molecule has 0 N–H and O–H groups in total. The van der Waals surface area contributed by atoms with Gasteiger partial charge in [0.15, 0.2) is 0 Å². The summed E-state index contributed by atoms with van der Waals surface area (Å²) >= 11 is 0. The SMILES string of the molecule is C[C@H]1CO[C@H](CN(C)C)CN1C(C)(C)C. The van der Waals surface area contributed by atoms with Gasteiger partial charge in [-0.3, -0.25) is 4.90 Å². The molecule has 0 aromatic carbocycles. The largest absolute Gasteiger partial charge is 0.374 e. The lowest BCUT2D eigenvalue weighted by Crippen LogP contribution is -2.57. The summed E-state index contributed by atoms with van der Waals surface area (Å²) in [5.41, 5.74) is 0.244. The molecule has 1 heterocycles. The lowest BCUT2D eigenvalue weighted by Gasteiger charge is -2.46. The van der Waals surface area contributed by atoms with Crippen LogP contribution in [0, 0.1) is 0 Å². The molecular formula is C12H26N2O. The third kappa shape index (κ3) is 3.74. The maximum absolute atomic E-state index is 5.84. The molecule has 0 unspecified atom stereocenters. The average molecular weight is 214 g/mol. The summed E-state index contributed by atoms with van der Waals surface area (Å²) in [6, 6.07) is 0.531. The summed E-state index contributed by atoms with van der Waals surface area (Å²) in [6.45, 7) is 12.0. The van der Waals surface area contributed by atoms with E-state index in [0.717, 1.165) is 19.7 Å². The molecule has 90 valence electrons. The molecular weight excluding hydrogens is 188 g/mol. The fourth-order valence-corrected chi connectivity index (χ4v) is 2.27. The van der Waals surface area contributed by atoms with Crippen molar-refractivity contribution in [3.05, 3.63) is 0 Å². The highest BCUT2D eigenvalue weighted by Gasteiger charge is 2.33. The van der Waals surface area contributed by atoms with Gasteiger partial charge in [0.1, 0.15) is 0 Å². The smallest absolute Gasteiger partial charge is 0.0829 e. The van der Waals surface area contributed by atoms with Gasteiger partial charge in [-0.15, -0.1) is 0 Å². The highest BCUT2D eigenvalue weighted by Crippen LogP contribution is 2.22. The van der Waals surface area contributed by atoms with Crippen LogP contribution in [0.4, 0.5) is 0 Å². The molecule has 0 radical (unpaired) electrons. The highest BCUT2D eigenvalue weighted by molar-refractivity contribution is 4.87. The van der Waals surface area contributed by atoms with Crippen LogP contribution in [0.25, 0.3) is 0 Å². The van der Waals surface area contributed by atoms with E-state index in [0.29, 0.717) is 12.1 Å². The van der Waals surface area contributed by atoms with Gasteiger partial charge in [0, 0.05) is 24.7 Å². The summed E-state index contributed by atoms with van der Waals surface area (Å²) in [5.74, 6) is 0. The normalized spacial score (nSPS) is 29.8. The Morgan fingerprint density at radius 3 is 2.40 bits per heavy atom. The minimum Gasteiger partial charge on any atom is -0.374 e. The molecule has 3 heteroatoms. The zero-order valence-corrected chi connectivity index (χ0v) is 11.1. The van der Waals surface area contributed by atoms with Gasteiger partial charge in [-0.2, -0.15) is 0 Å². The number of nitrogens with zero attached hydrogens (tertiary/aromatic N) is 2. The Labute approximate surface area is 94.4 Å². The van der Waals surface area contributed by atoms with Crippen LogP contribution in [-0.4, -0.2) is 61.3 Å². The molecule has 0 aliphatic carbocycles. The third-order valence-corrected chi connectivity index (χ3v) is 2.94. The second-order valence-corrected chi connectivity index (χ2v) is 5.89. The van der Waals surface area contributed by atoms with E-state index in [4.69, 9.17) is 4.74 Å². The van der Waals surface area contributed by atoms with Gasteiger partial charge in [-0.25, -0.2) is 0 Å². The number of rotatable bonds is 2. The first-order chi connectivity index (χ1) is 6.80. The van der Waals surface area contributed by atoms with Crippen LogP contribution in [0.3, 0.4) is 0 Å². The molecule has 15 heavy (non-hydrogen) atoms. The van der Waals surface area contributed by atoms with E-state index in [-0.39, 0.29) is 5.54 Å². The Balaban J connectivity index is 2.56. The van der Waals surface area contributed by atoms with E-state index < -0.39 is 0 Å². The van der Waals surface area contributed by atoms with E-state index in [1.54, 1.807) is 0 Å².